The molecule has 1 amide bonds. The van der Waals surface area contributed by atoms with Gasteiger partial charge < -0.3 is 10.0 Å². The van der Waals surface area contributed by atoms with Crippen LogP contribution in [0, 0.1) is 6.92 Å². The van der Waals surface area contributed by atoms with Gasteiger partial charge in [0.1, 0.15) is 0 Å². The van der Waals surface area contributed by atoms with E-state index >= 15 is 0 Å². The first-order chi connectivity index (χ1) is 10.0. The van der Waals surface area contributed by atoms with E-state index in [1.165, 1.54) is 0 Å². The lowest BCUT2D eigenvalue weighted by atomic mass is 10.1. The predicted molar refractivity (Wildman–Crippen MR) is 88.4 cm³/mol. The van der Waals surface area contributed by atoms with E-state index < -0.39 is 0 Å². The Kier molecular flexibility index (Phi) is 7.48. The summed E-state index contributed by atoms with van der Waals surface area (Å²) in [6.45, 7) is 6.39. The fraction of sp³-hybridized carbons (Fsp3) is 0.471. The van der Waals surface area contributed by atoms with Crippen LogP contribution in [0.4, 0.5) is 0 Å². The van der Waals surface area contributed by atoms with Crippen LogP contribution in [0.3, 0.4) is 0 Å². The number of rotatable bonds is 7. The number of aliphatic hydroxyl groups is 1. The number of amides is 1. The van der Waals surface area contributed by atoms with Crippen LogP contribution in [0.2, 0.25) is 5.02 Å². The smallest absolute Gasteiger partial charge is 0.246 e. The summed E-state index contributed by atoms with van der Waals surface area (Å²) < 4.78 is 0. The van der Waals surface area contributed by atoms with E-state index in [0.717, 1.165) is 24.0 Å². The van der Waals surface area contributed by atoms with Crippen LogP contribution in [-0.2, 0) is 4.79 Å². The molecule has 0 spiro atoms. The minimum absolute atomic E-state index is 0.0214. The summed E-state index contributed by atoms with van der Waals surface area (Å²) >= 11 is 6.07. The zero-order chi connectivity index (χ0) is 15.8. The van der Waals surface area contributed by atoms with E-state index in [4.69, 9.17) is 16.7 Å². The van der Waals surface area contributed by atoms with Crippen molar-refractivity contribution in [3.63, 3.8) is 0 Å². The van der Waals surface area contributed by atoms with Gasteiger partial charge in [-0.1, -0.05) is 37.6 Å². The van der Waals surface area contributed by atoms with Crippen LogP contribution < -0.4 is 0 Å². The van der Waals surface area contributed by atoms with E-state index in [1.54, 1.807) is 17.1 Å². The zero-order valence-corrected chi connectivity index (χ0v) is 13.7. The maximum absolute atomic E-state index is 12.3. The van der Waals surface area contributed by atoms with E-state index in [1.807, 2.05) is 25.1 Å². The zero-order valence-electron chi connectivity index (χ0n) is 13.0. The first kappa shape index (κ1) is 17.7. The molecule has 0 heterocycles. The summed E-state index contributed by atoms with van der Waals surface area (Å²) in [6.07, 6.45) is 5.08. The fourth-order valence-corrected chi connectivity index (χ4v) is 2.47. The number of hydrogen-bond acceptors (Lipinski definition) is 2. The van der Waals surface area contributed by atoms with Gasteiger partial charge in [-0.3, -0.25) is 4.79 Å². The largest absolute Gasteiger partial charge is 0.395 e. The van der Waals surface area contributed by atoms with E-state index in [-0.39, 0.29) is 18.6 Å². The highest BCUT2D eigenvalue weighted by atomic mass is 35.5. The van der Waals surface area contributed by atoms with Crippen molar-refractivity contribution in [1.29, 1.82) is 0 Å². The lowest BCUT2D eigenvalue weighted by Crippen LogP contribution is -2.40. The Morgan fingerprint density at radius 2 is 2.05 bits per heavy atom. The van der Waals surface area contributed by atoms with Crippen molar-refractivity contribution < 1.29 is 9.90 Å². The molecule has 0 atom stereocenters. The Morgan fingerprint density at radius 3 is 2.57 bits per heavy atom. The van der Waals surface area contributed by atoms with Crippen molar-refractivity contribution in [3.05, 3.63) is 40.4 Å². The molecule has 1 aromatic carbocycles. The summed E-state index contributed by atoms with van der Waals surface area (Å²) in [6, 6.07) is 5.86. The molecule has 1 N–H and O–H groups in total. The van der Waals surface area contributed by atoms with Crippen LogP contribution in [0.15, 0.2) is 24.3 Å². The van der Waals surface area contributed by atoms with Gasteiger partial charge in [-0.2, -0.15) is 0 Å². The Morgan fingerprint density at radius 1 is 1.38 bits per heavy atom. The highest BCUT2D eigenvalue weighted by molar-refractivity contribution is 6.31. The number of halogens is 1. The Hall–Kier alpha value is -1.32. The van der Waals surface area contributed by atoms with Gasteiger partial charge in [0.2, 0.25) is 5.91 Å². The molecule has 0 aliphatic heterocycles. The highest BCUT2D eigenvalue weighted by Crippen LogP contribution is 2.18. The number of nitrogens with zero attached hydrogens (tertiary/aromatic N) is 1. The summed E-state index contributed by atoms with van der Waals surface area (Å²) in [5, 5.41) is 9.83. The van der Waals surface area contributed by atoms with Crippen LogP contribution in [0.1, 0.15) is 37.8 Å². The molecule has 0 bridgehead atoms. The van der Waals surface area contributed by atoms with Gasteiger partial charge in [-0.25, -0.2) is 0 Å². The second-order valence-electron chi connectivity index (χ2n) is 5.07. The third kappa shape index (κ3) is 5.18. The molecule has 4 heteroatoms. The molecule has 0 aromatic heterocycles. The number of carbonyl (C=O) groups excluding carboxylic acids is 1. The lowest BCUT2D eigenvalue weighted by Gasteiger charge is -2.29. The maximum Gasteiger partial charge on any atom is 0.246 e. The number of benzene rings is 1. The van der Waals surface area contributed by atoms with Crippen LogP contribution in [0.25, 0.3) is 6.08 Å². The first-order valence-corrected chi connectivity index (χ1v) is 7.76. The van der Waals surface area contributed by atoms with Gasteiger partial charge in [-0.15, -0.1) is 0 Å². The summed E-state index contributed by atoms with van der Waals surface area (Å²) in [5.74, 6) is -0.0746. The molecule has 3 nitrogen and oxygen atoms in total. The van der Waals surface area contributed by atoms with Crippen LogP contribution in [0.5, 0.6) is 0 Å². The molecule has 0 unspecified atom stereocenters. The highest BCUT2D eigenvalue weighted by Gasteiger charge is 2.18. The Labute approximate surface area is 132 Å². The number of carbonyl (C=O) groups is 1. The molecule has 1 rings (SSSR count). The van der Waals surface area contributed by atoms with Gasteiger partial charge in [0, 0.05) is 23.7 Å². The van der Waals surface area contributed by atoms with Crippen molar-refractivity contribution in [2.75, 3.05) is 13.2 Å². The standard InChI is InChI=1S/C17H24ClNO2/c1-4-15(5-2)19(10-11-20)17(21)9-8-14-7-6-13(3)16(18)12-14/h6-9,12,15,20H,4-5,10-11H2,1-3H3. The molecule has 116 valence electrons. The second kappa shape index (κ2) is 8.85. The second-order valence-corrected chi connectivity index (χ2v) is 5.47. The molecule has 0 radical (unpaired) electrons. The Balaban J connectivity index is 2.84. The number of aliphatic hydroxyl groups excluding tert-OH is 1. The average Bonchev–Trinajstić information content (AvgIpc) is 2.48. The predicted octanol–water partition coefficient (Wildman–Crippen LogP) is 3.67. The average molecular weight is 310 g/mol. The topological polar surface area (TPSA) is 40.5 Å². The minimum Gasteiger partial charge on any atom is -0.395 e. The summed E-state index contributed by atoms with van der Waals surface area (Å²) in [5.41, 5.74) is 1.91. The van der Waals surface area contributed by atoms with Crippen molar-refractivity contribution in [1.82, 2.24) is 4.90 Å². The maximum atomic E-state index is 12.3. The molecular formula is C17H24ClNO2. The van der Waals surface area contributed by atoms with Crippen molar-refractivity contribution in [2.45, 2.75) is 39.7 Å². The van der Waals surface area contributed by atoms with E-state index in [0.29, 0.717) is 11.6 Å². The number of hydrogen-bond donors (Lipinski definition) is 1. The van der Waals surface area contributed by atoms with Gasteiger partial charge in [0.25, 0.3) is 0 Å². The third-order valence-corrected chi connectivity index (χ3v) is 4.03. The van der Waals surface area contributed by atoms with Gasteiger partial charge in [-0.05, 0) is 43.0 Å². The molecule has 0 aliphatic carbocycles. The van der Waals surface area contributed by atoms with E-state index in [9.17, 15) is 4.79 Å². The normalized spacial score (nSPS) is 11.3. The molecular weight excluding hydrogens is 286 g/mol. The van der Waals surface area contributed by atoms with Crippen molar-refractivity contribution in [3.8, 4) is 0 Å². The lowest BCUT2D eigenvalue weighted by molar-refractivity contribution is -0.128. The number of aryl methyl sites for hydroxylation is 1. The first-order valence-electron chi connectivity index (χ1n) is 7.39. The van der Waals surface area contributed by atoms with E-state index in [2.05, 4.69) is 13.8 Å². The third-order valence-electron chi connectivity index (χ3n) is 3.62. The molecule has 0 saturated heterocycles. The monoisotopic (exact) mass is 309 g/mol. The van der Waals surface area contributed by atoms with Crippen molar-refractivity contribution in [2.24, 2.45) is 0 Å². The van der Waals surface area contributed by atoms with Gasteiger partial charge in [0.05, 0.1) is 6.61 Å². The molecule has 21 heavy (non-hydrogen) atoms. The molecule has 0 aliphatic rings. The summed E-state index contributed by atoms with van der Waals surface area (Å²) in [7, 11) is 0. The fourth-order valence-electron chi connectivity index (χ4n) is 2.29. The minimum atomic E-state index is -0.0746. The molecule has 0 fully saturated rings. The molecule has 0 saturated carbocycles. The van der Waals surface area contributed by atoms with Crippen molar-refractivity contribution >= 4 is 23.6 Å². The summed E-state index contributed by atoms with van der Waals surface area (Å²) in [4.78, 5) is 14.0. The van der Waals surface area contributed by atoms with Crippen LogP contribution in [-0.4, -0.2) is 35.1 Å². The van der Waals surface area contributed by atoms with Gasteiger partial charge >= 0.3 is 0 Å². The van der Waals surface area contributed by atoms with Gasteiger partial charge in [0.15, 0.2) is 0 Å². The molecule has 1 aromatic rings. The SMILES string of the molecule is CCC(CC)N(CCO)C(=O)C=Cc1ccc(C)c(Cl)c1. The van der Waals surface area contributed by atoms with Crippen LogP contribution >= 0.6 is 11.6 Å². The quantitative estimate of drug-likeness (QED) is 0.781. The Bertz CT molecular complexity index is 496.